The van der Waals surface area contributed by atoms with Crippen LogP contribution in [0.2, 0.25) is 0 Å². The van der Waals surface area contributed by atoms with Gasteiger partial charge in [-0.25, -0.2) is 5.43 Å². The molecule has 0 bridgehead atoms. The fourth-order valence-corrected chi connectivity index (χ4v) is 3.57. The van der Waals surface area contributed by atoms with Crippen molar-refractivity contribution in [3.8, 4) is 11.5 Å². The number of ether oxygens (including phenoxy) is 2. The number of hydrogen-bond acceptors (Lipinski definition) is 5. The maximum atomic E-state index is 12.3. The third-order valence-electron chi connectivity index (χ3n) is 4.29. The minimum Gasteiger partial charge on any atom is -0.493 e. The van der Waals surface area contributed by atoms with Crippen LogP contribution in [0.1, 0.15) is 21.5 Å². The summed E-state index contributed by atoms with van der Waals surface area (Å²) in [6.07, 6.45) is 3.22. The average Bonchev–Trinajstić information content (AvgIpc) is 2.82. The number of methoxy groups -OCH3 is 1. The van der Waals surface area contributed by atoms with E-state index in [0.29, 0.717) is 23.7 Å². The Kier molecular flexibility index (Phi) is 8.31. The van der Waals surface area contributed by atoms with E-state index in [1.54, 1.807) is 55.4 Å². The number of hydrogen-bond donors (Lipinski definition) is 1. The number of rotatable bonds is 10. The Morgan fingerprint density at radius 2 is 1.84 bits per heavy atom. The van der Waals surface area contributed by atoms with Crippen LogP contribution in [-0.4, -0.2) is 25.8 Å². The van der Waals surface area contributed by atoms with Gasteiger partial charge in [0.05, 0.1) is 13.3 Å². The molecule has 0 unspecified atom stereocenters. The molecule has 6 heteroatoms. The predicted octanol–water partition coefficient (Wildman–Crippen LogP) is 5.32. The summed E-state index contributed by atoms with van der Waals surface area (Å²) < 4.78 is 10.9. The summed E-state index contributed by atoms with van der Waals surface area (Å²) in [7, 11) is 1.57. The molecule has 3 aromatic carbocycles. The molecule has 0 aliphatic rings. The molecule has 3 aromatic rings. The van der Waals surface area contributed by atoms with Gasteiger partial charge in [-0.2, -0.15) is 5.10 Å². The third kappa shape index (κ3) is 6.76. The van der Waals surface area contributed by atoms with Crippen LogP contribution in [0.25, 0.3) is 0 Å². The van der Waals surface area contributed by atoms with Gasteiger partial charge in [-0.05, 0) is 53.6 Å². The van der Waals surface area contributed by atoms with Crippen molar-refractivity contribution < 1.29 is 14.3 Å². The number of carbonyl (C=O) groups excluding carboxylic acids is 1. The molecule has 0 heterocycles. The molecule has 5 nitrogen and oxygen atoms in total. The summed E-state index contributed by atoms with van der Waals surface area (Å²) in [5.74, 6) is 1.78. The van der Waals surface area contributed by atoms with Gasteiger partial charge in [0.15, 0.2) is 11.5 Å². The molecule has 1 amide bonds. The largest absolute Gasteiger partial charge is 0.493 e. The second-order valence-electron chi connectivity index (χ2n) is 6.51. The van der Waals surface area contributed by atoms with Crippen molar-refractivity contribution in [2.75, 3.05) is 13.7 Å². The zero-order chi connectivity index (χ0) is 21.9. The minimum absolute atomic E-state index is 0.267. The molecule has 0 fully saturated rings. The van der Waals surface area contributed by atoms with E-state index in [0.717, 1.165) is 16.9 Å². The lowest BCUT2D eigenvalue weighted by Crippen LogP contribution is -2.17. The molecule has 0 saturated heterocycles. The smallest absolute Gasteiger partial charge is 0.271 e. The van der Waals surface area contributed by atoms with Gasteiger partial charge < -0.3 is 9.47 Å². The first-order valence-electron chi connectivity index (χ1n) is 9.71. The maximum Gasteiger partial charge on any atom is 0.271 e. The molecule has 0 aliphatic carbocycles. The number of benzene rings is 3. The first-order chi connectivity index (χ1) is 15.2. The number of amides is 1. The van der Waals surface area contributed by atoms with Crippen molar-refractivity contribution in [2.45, 2.75) is 10.6 Å². The van der Waals surface area contributed by atoms with Crippen molar-refractivity contribution >= 4 is 23.9 Å². The molecule has 0 radical (unpaired) electrons. The van der Waals surface area contributed by atoms with Gasteiger partial charge in [-0.3, -0.25) is 4.79 Å². The van der Waals surface area contributed by atoms with E-state index in [4.69, 9.17) is 9.47 Å². The predicted molar refractivity (Wildman–Crippen MR) is 126 cm³/mol. The van der Waals surface area contributed by atoms with E-state index in [-0.39, 0.29) is 5.91 Å². The van der Waals surface area contributed by atoms with Crippen LogP contribution in [0.5, 0.6) is 11.5 Å². The van der Waals surface area contributed by atoms with Crippen molar-refractivity contribution in [1.82, 2.24) is 5.43 Å². The van der Waals surface area contributed by atoms with Gasteiger partial charge in [0.2, 0.25) is 0 Å². The Morgan fingerprint density at radius 3 is 2.55 bits per heavy atom. The van der Waals surface area contributed by atoms with Crippen molar-refractivity contribution in [3.63, 3.8) is 0 Å². The highest BCUT2D eigenvalue weighted by atomic mass is 32.2. The van der Waals surface area contributed by atoms with Crippen molar-refractivity contribution in [2.24, 2.45) is 5.10 Å². The van der Waals surface area contributed by atoms with Gasteiger partial charge in [-0.1, -0.05) is 43.0 Å². The van der Waals surface area contributed by atoms with E-state index in [2.05, 4.69) is 29.2 Å². The Hall–Kier alpha value is -3.51. The van der Waals surface area contributed by atoms with E-state index < -0.39 is 0 Å². The summed E-state index contributed by atoms with van der Waals surface area (Å²) in [4.78, 5) is 13.6. The zero-order valence-corrected chi connectivity index (χ0v) is 18.1. The van der Waals surface area contributed by atoms with Gasteiger partial charge in [0, 0.05) is 16.2 Å². The van der Waals surface area contributed by atoms with Crippen LogP contribution in [0.4, 0.5) is 0 Å². The Balaban J connectivity index is 1.54. The molecule has 0 spiro atoms. The number of thioether (sulfide) groups is 1. The van der Waals surface area contributed by atoms with Crippen molar-refractivity contribution in [3.05, 3.63) is 102 Å². The summed E-state index contributed by atoms with van der Waals surface area (Å²) in [6.45, 7) is 4.02. The Labute approximate surface area is 186 Å². The van der Waals surface area contributed by atoms with Crippen LogP contribution >= 0.6 is 11.8 Å². The molecule has 0 atom stereocenters. The van der Waals surface area contributed by atoms with E-state index in [9.17, 15) is 4.79 Å². The van der Waals surface area contributed by atoms with Crippen molar-refractivity contribution in [1.29, 1.82) is 0 Å². The normalized spacial score (nSPS) is 10.6. The lowest BCUT2D eigenvalue weighted by Gasteiger charge is -2.09. The minimum atomic E-state index is -0.267. The van der Waals surface area contributed by atoms with Gasteiger partial charge in [0.1, 0.15) is 6.61 Å². The topological polar surface area (TPSA) is 59.9 Å². The molecular weight excluding hydrogens is 408 g/mol. The van der Waals surface area contributed by atoms with Crippen LogP contribution in [0, 0.1) is 0 Å². The van der Waals surface area contributed by atoms with Crippen LogP contribution < -0.4 is 14.9 Å². The first kappa shape index (κ1) is 22.2. The van der Waals surface area contributed by atoms with Gasteiger partial charge in [-0.15, -0.1) is 11.8 Å². The highest BCUT2D eigenvalue weighted by Crippen LogP contribution is 2.27. The Morgan fingerprint density at radius 1 is 1.06 bits per heavy atom. The second kappa shape index (κ2) is 11.6. The summed E-state index contributed by atoms with van der Waals surface area (Å²) in [6, 6.07) is 23.2. The molecule has 0 aromatic heterocycles. The molecule has 1 N–H and O–H groups in total. The van der Waals surface area contributed by atoms with Crippen LogP contribution in [0.15, 0.2) is 95.4 Å². The third-order valence-corrected chi connectivity index (χ3v) is 5.37. The maximum absolute atomic E-state index is 12.3. The first-order valence-corrected chi connectivity index (χ1v) is 10.7. The van der Waals surface area contributed by atoms with Gasteiger partial charge in [0.25, 0.3) is 5.91 Å². The lowest BCUT2D eigenvalue weighted by molar-refractivity contribution is 0.0955. The summed E-state index contributed by atoms with van der Waals surface area (Å²) >= 11 is 1.76. The van der Waals surface area contributed by atoms with E-state index in [1.165, 1.54) is 4.90 Å². The van der Waals surface area contributed by atoms with Gasteiger partial charge >= 0.3 is 0 Å². The Bertz CT molecular complexity index is 1030. The lowest BCUT2D eigenvalue weighted by atomic mass is 10.1. The number of hydrazone groups is 1. The molecule has 0 saturated carbocycles. The highest BCUT2D eigenvalue weighted by molar-refractivity contribution is 7.98. The zero-order valence-electron chi connectivity index (χ0n) is 17.3. The second-order valence-corrected chi connectivity index (χ2v) is 7.56. The molecule has 3 rings (SSSR count). The van der Waals surface area contributed by atoms with E-state index >= 15 is 0 Å². The molecule has 31 heavy (non-hydrogen) atoms. The number of nitrogens with one attached hydrogen (secondary N) is 1. The molecular formula is C25H24N2O3S. The summed E-state index contributed by atoms with van der Waals surface area (Å²) in [5, 5.41) is 4.04. The monoisotopic (exact) mass is 432 g/mol. The molecule has 158 valence electrons. The van der Waals surface area contributed by atoms with Crippen LogP contribution in [0.3, 0.4) is 0 Å². The van der Waals surface area contributed by atoms with Crippen LogP contribution in [-0.2, 0) is 5.75 Å². The molecule has 0 aliphatic heterocycles. The van der Waals surface area contributed by atoms with E-state index in [1.807, 2.05) is 36.4 Å². The quantitative estimate of drug-likeness (QED) is 0.204. The SMILES string of the molecule is C=CCOc1ccc(/C=N\NC(=O)c2ccc(CSc3ccccc3)cc2)cc1OC. The highest BCUT2D eigenvalue weighted by Gasteiger charge is 2.06. The standard InChI is InChI=1S/C25H24N2O3S/c1-3-15-30-23-14-11-20(16-24(23)29-2)17-26-27-25(28)21-12-9-19(10-13-21)18-31-22-7-5-4-6-8-22/h3-14,16-17H,1,15,18H2,2H3,(H,27,28)/b26-17-. The number of nitrogens with zero attached hydrogens (tertiary/aromatic N) is 1. The fourth-order valence-electron chi connectivity index (χ4n) is 2.70. The summed E-state index contributed by atoms with van der Waals surface area (Å²) in [5.41, 5.74) is 5.03. The fraction of sp³-hybridized carbons (Fsp3) is 0.120. The number of carbonyl (C=O) groups is 1. The average molecular weight is 433 g/mol.